The maximum atomic E-state index is 13.5. The van der Waals surface area contributed by atoms with Gasteiger partial charge in [0.1, 0.15) is 11.9 Å². The second-order valence-electron chi connectivity index (χ2n) is 16.4. The number of carbonyl (C=O) groups excluding carboxylic acids is 5. The van der Waals surface area contributed by atoms with Crippen molar-refractivity contribution in [3.63, 3.8) is 0 Å². The largest absolute Gasteiger partial charge is 0.407 e. The fourth-order valence-electron chi connectivity index (χ4n) is 9.06. The minimum Gasteiger partial charge on any atom is -0.372 e. The number of hydrogen-bond acceptors (Lipinski definition) is 9. The molecule has 16 heteroatoms. The van der Waals surface area contributed by atoms with Crippen LogP contribution in [-0.2, 0) is 20.6 Å². The van der Waals surface area contributed by atoms with Gasteiger partial charge in [0.05, 0.1) is 23.3 Å². The molecule has 13 nitrogen and oxygen atoms in total. The van der Waals surface area contributed by atoms with Gasteiger partial charge in [-0.2, -0.15) is 13.2 Å². The molecule has 0 bridgehead atoms. The summed E-state index contributed by atoms with van der Waals surface area (Å²) in [7, 11) is 0. The lowest BCUT2D eigenvalue weighted by molar-refractivity contribution is -0.137. The van der Waals surface area contributed by atoms with Gasteiger partial charge in [-0.15, -0.1) is 0 Å². The van der Waals surface area contributed by atoms with Gasteiger partial charge >= 0.3 is 6.18 Å². The SMILES string of the molecule is [C-]#[N+]c1ccc(N2CCC(C(=O)Nc3ccc(C#CC4CCN(CC5CCN(c6ccc7c(c6)C(=O)N(C6CCC(=O)NC6=O)C7=O)CC5)CC4)cn3)CC2)cc1C(F)(F)F. The van der Waals surface area contributed by atoms with Gasteiger partial charge in [-0.25, -0.2) is 9.83 Å². The Bertz CT molecular complexity index is 2330. The van der Waals surface area contributed by atoms with Crippen LogP contribution in [0.3, 0.4) is 0 Å². The first-order valence-electron chi connectivity index (χ1n) is 20.8. The molecule has 4 saturated heterocycles. The highest BCUT2D eigenvalue weighted by Gasteiger charge is 2.45. The summed E-state index contributed by atoms with van der Waals surface area (Å²) in [6.45, 7) is 12.5. The van der Waals surface area contributed by atoms with Crippen LogP contribution in [0, 0.1) is 36.2 Å². The molecule has 2 aromatic carbocycles. The topological polar surface area (TPSA) is 140 Å². The maximum absolute atomic E-state index is 13.5. The summed E-state index contributed by atoms with van der Waals surface area (Å²) in [4.78, 5) is 78.4. The second kappa shape index (κ2) is 17.4. The summed E-state index contributed by atoms with van der Waals surface area (Å²) < 4.78 is 40.4. The van der Waals surface area contributed by atoms with E-state index in [9.17, 15) is 37.1 Å². The number of hydrogen-bond donors (Lipinski definition) is 2. The molecule has 0 saturated carbocycles. The molecule has 5 amide bonds. The summed E-state index contributed by atoms with van der Waals surface area (Å²) in [5.74, 6) is 5.38. The molecular weight excluding hydrogens is 790 g/mol. The van der Waals surface area contributed by atoms with Crippen LogP contribution in [0.5, 0.6) is 0 Å². The Morgan fingerprint density at radius 2 is 1.51 bits per heavy atom. The highest BCUT2D eigenvalue weighted by atomic mass is 19.4. The van der Waals surface area contributed by atoms with E-state index in [1.807, 2.05) is 17.0 Å². The van der Waals surface area contributed by atoms with Gasteiger partial charge in [-0.3, -0.25) is 34.2 Å². The van der Waals surface area contributed by atoms with E-state index in [-0.39, 0.29) is 36.1 Å². The van der Waals surface area contributed by atoms with Crippen molar-refractivity contribution in [3.8, 4) is 11.8 Å². The Morgan fingerprint density at radius 3 is 2.16 bits per heavy atom. The van der Waals surface area contributed by atoms with E-state index >= 15 is 0 Å². The lowest BCUT2D eigenvalue weighted by Gasteiger charge is -2.38. The minimum atomic E-state index is -4.62. The number of nitrogens with zero attached hydrogens (tertiary/aromatic N) is 6. The fourth-order valence-corrected chi connectivity index (χ4v) is 9.06. The average Bonchev–Trinajstić information content (AvgIpc) is 3.51. The Labute approximate surface area is 351 Å². The van der Waals surface area contributed by atoms with E-state index in [4.69, 9.17) is 6.57 Å². The van der Waals surface area contributed by atoms with Crippen molar-refractivity contribution < 1.29 is 37.1 Å². The molecule has 5 aliphatic heterocycles. The molecule has 1 aromatic heterocycles. The molecule has 0 aliphatic carbocycles. The number of piperidine rings is 4. The molecule has 1 atom stereocenters. The van der Waals surface area contributed by atoms with Crippen LogP contribution in [-0.4, -0.2) is 96.2 Å². The molecular formula is C45H45F3N8O5. The van der Waals surface area contributed by atoms with E-state index in [2.05, 4.69) is 42.1 Å². The number of anilines is 3. The predicted molar refractivity (Wildman–Crippen MR) is 220 cm³/mol. The highest BCUT2D eigenvalue weighted by molar-refractivity contribution is 6.23. The van der Waals surface area contributed by atoms with Crippen molar-refractivity contribution in [1.82, 2.24) is 20.1 Å². The first kappa shape index (κ1) is 41.5. The van der Waals surface area contributed by atoms with Gasteiger partial charge in [0.2, 0.25) is 17.7 Å². The summed E-state index contributed by atoms with van der Waals surface area (Å²) in [6, 6.07) is 11.6. The van der Waals surface area contributed by atoms with E-state index in [1.165, 1.54) is 12.1 Å². The number of nitrogens with one attached hydrogen (secondary N) is 2. The van der Waals surface area contributed by atoms with Crippen LogP contribution in [0.1, 0.15) is 83.2 Å². The van der Waals surface area contributed by atoms with Crippen LogP contribution in [0.2, 0.25) is 0 Å². The lowest BCUT2D eigenvalue weighted by atomic mass is 9.92. The number of pyridine rings is 1. The number of carbonyl (C=O) groups is 5. The normalized spacial score (nSPS) is 20.8. The van der Waals surface area contributed by atoms with Gasteiger partial charge in [0.15, 0.2) is 5.69 Å². The standard InChI is InChI=1S/C45H45F3N8O5/c1-49-37-8-6-33(25-36(37)45(46,47)48)55-22-16-31(17-23-55)41(58)51-39-10-4-29(26-50-39)3-2-28-12-18-53(19-13-28)27-30-14-20-54(21-15-30)32-5-7-34-35(24-32)44(61)56(43(34)60)38-9-11-40(57)52-42(38)59/h4-8,10,24-26,28,30-31,38H,9,11-23,27H2,(H,50,51,58)(H,52,57,59). The van der Waals surface area contributed by atoms with E-state index in [1.54, 1.807) is 24.4 Å². The van der Waals surface area contributed by atoms with Gasteiger partial charge in [0, 0.05) is 74.1 Å². The smallest absolute Gasteiger partial charge is 0.372 e. The predicted octanol–water partition coefficient (Wildman–Crippen LogP) is 5.89. The number of likely N-dealkylation sites (tertiary alicyclic amines) is 1. The molecule has 6 heterocycles. The van der Waals surface area contributed by atoms with Crippen molar-refractivity contribution in [1.29, 1.82) is 0 Å². The summed E-state index contributed by atoms with van der Waals surface area (Å²) in [6.07, 6.45) is 2.13. The summed E-state index contributed by atoms with van der Waals surface area (Å²) in [5, 5.41) is 5.10. The van der Waals surface area contributed by atoms with Crippen molar-refractivity contribution in [3.05, 3.63) is 88.4 Å². The van der Waals surface area contributed by atoms with Gasteiger partial charge in [0.25, 0.3) is 11.8 Å². The molecule has 0 radical (unpaired) electrons. The van der Waals surface area contributed by atoms with E-state index < -0.39 is 47.1 Å². The number of halogens is 3. The molecule has 5 aliphatic rings. The zero-order valence-corrected chi connectivity index (χ0v) is 33.5. The third kappa shape index (κ3) is 9.10. The van der Waals surface area contributed by atoms with Crippen LogP contribution < -0.4 is 20.4 Å². The van der Waals surface area contributed by atoms with Crippen LogP contribution >= 0.6 is 0 Å². The van der Waals surface area contributed by atoms with Gasteiger partial charge in [-0.1, -0.05) is 17.9 Å². The Balaban J connectivity index is 0.750. The number of amides is 5. The molecule has 0 spiro atoms. The van der Waals surface area contributed by atoms with Crippen LogP contribution in [0.4, 0.5) is 36.1 Å². The number of alkyl halides is 3. The number of fused-ring (bicyclic) bond motifs is 1. The third-order valence-corrected chi connectivity index (χ3v) is 12.6. The number of benzene rings is 2. The van der Waals surface area contributed by atoms with Gasteiger partial charge < -0.3 is 20.0 Å². The average molecular weight is 835 g/mol. The second-order valence-corrected chi connectivity index (χ2v) is 16.4. The lowest BCUT2D eigenvalue weighted by Crippen LogP contribution is -2.54. The first-order valence-corrected chi connectivity index (χ1v) is 20.8. The maximum Gasteiger partial charge on any atom is 0.407 e. The number of imide groups is 2. The number of aromatic nitrogens is 1. The zero-order valence-electron chi connectivity index (χ0n) is 33.5. The van der Waals surface area contributed by atoms with Crippen LogP contribution in [0.25, 0.3) is 4.85 Å². The Morgan fingerprint density at radius 1 is 0.836 bits per heavy atom. The van der Waals surface area contributed by atoms with Crippen molar-refractivity contribution in [2.75, 3.05) is 60.9 Å². The van der Waals surface area contributed by atoms with Crippen molar-refractivity contribution in [2.45, 2.75) is 63.6 Å². The minimum absolute atomic E-state index is 0.0807. The number of rotatable bonds is 7. The molecule has 3 aromatic rings. The quantitative estimate of drug-likeness (QED) is 0.170. The van der Waals surface area contributed by atoms with E-state index in [0.717, 1.165) is 80.6 Å². The molecule has 4 fully saturated rings. The van der Waals surface area contributed by atoms with Crippen molar-refractivity contribution in [2.24, 2.45) is 17.8 Å². The van der Waals surface area contributed by atoms with Crippen LogP contribution in [0.15, 0.2) is 54.7 Å². The molecule has 61 heavy (non-hydrogen) atoms. The first-order chi connectivity index (χ1) is 29.3. The zero-order chi connectivity index (χ0) is 42.8. The molecule has 316 valence electrons. The van der Waals surface area contributed by atoms with Gasteiger partial charge in [-0.05, 0) is 106 Å². The summed E-state index contributed by atoms with van der Waals surface area (Å²) in [5.41, 5.74) is 1.22. The summed E-state index contributed by atoms with van der Waals surface area (Å²) >= 11 is 0. The molecule has 2 N–H and O–H groups in total. The van der Waals surface area contributed by atoms with Crippen molar-refractivity contribution >= 4 is 52.4 Å². The molecule has 8 rings (SSSR count). The van der Waals surface area contributed by atoms with E-state index in [0.29, 0.717) is 48.9 Å². The highest BCUT2D eigenvalue weighted by Crippen LogP contribution is 2.39. The third-order valence-electron chi connectivity index (χ3n) is 12.6. The monoisotopic (exact) mass is 834 g/mol. The Kier molecular flexibility index (Phi) is 11.8. The molecule has 1 unspecified atom stereocenters. The Hall–Kier alpha value is -6.26. The fraction of sp³-hybridized carbons (Fsp3) is 0.444.